The molecule has 0 amide bonds. The topological polar surface area (TPSA) is 105 Å². The fourth-order valence-electron chi connectivity index (χ4n) is 5.94. The molecule has 3 fully saturated rings. The molecule has 0 bridgehead atoms. The summed E-state index contributed by atoms with van der Waals surface area (Å²) >= 11 is 0. The maximum absolute atomic E-state index is 14.1. The van der Waals surface area contributed by atoms with E-state index in [1.54, 1.807) is 34.6 Å². The first kappa shape index (κ1) is 26.3. The Morgan fingerprint density at radius 3 is 2.46 bits per heavy atom. The molecule has 39 heavy (non-hydrogen) atoms. The van der Waals surface area contributed by atoms with E-state index in [0.29, 0.717) is 80.3 Å². The van der Waals surface area contributed by atoms with E-state index < -0.39 is 16.4 Å². The van der Waals surface area contributed by atoms with Crippen molar-refractivity contribution in [2.75, 3.05) is 55.4 Å². The number of anilines is 2. The maximum atomic E-state index is 14.1. The highest BCUT2D eigenvalue weighted by Crippen LogP contribution is 2.32. The summed E-state index contributed by atoms with van der Waals surface area (Å²) in [5, 5.41) is 3.36. The number of hydrogen-bond acceptors (Lipinski definition) is 8. The number of nitrogens with zero attached hydrogens (tertiary/aromatic N) is 6. The lowest BCUT2D eigenvalue weighted by Gasteiger charge is -2.33. The summed E-state index contributed by atoms with van der Waals surface area (Å²) in [6, 6.07) is 8.86. The van der Waals surface area contributed by atoms with Crippen molar-refractivity contribution in [2.24, 2.45) is 5.92 Å². The fraction of sp³-hybridized carbons (Fsp3) is 0.577. The van der Waals surface area contributed by atoms with E-state index in [4.69, 9.17) is 9.72 Å². The standard InChI is InChI=1S/C26H33F2N7O3S/c27-24(28)25-30-20-4-1-2-5-21(20)35(25)23-16-22(33-11-13-38-14-12-33)31-26(32-23)29-17-18-6-8-19(9-7-18)34-10-3-15-39(34,36)37/h1-2,4-5,16,18-19,24H,3,6-15,17H2,(H,29,31,32)/t18-,19-. The molecular formula is C26H33F2N7O3S. The Bertz CT molecular complexity index is 1420. The van der Waals surface area contributed by atoms with Gasteiger partial charge < -0.3 is 15.0 Å². The molecule has 1 saturated carbocycles. The van der Waals surface area contributed by atoms with Gasteiger partial charge in [0.1, 0.15) is 11.6 Å². The summed E-state index contributed by atoms with van der Waals surface area (Å²) in [7, 11) is -3.10. The molecule has 13 heteroatoms. The molecule has 1 aliphatic carbocycles. The van der Waals surface area contributed by atoms with Crippen molar-refractivity contribution in [2.45, 2.75) is 44.6 Å². The third kappa shape index (κ3) is 5.44. The van der Waals surface area contributed by atoms with Gasteiger partial charge in [0.15, 0.2) is 5.82 Å². The van der Waals surface area contributed by atoms with Crippen LogP contribution in [0.3, 0.4) is 0 Å². The molecule has 0 radical (unpaired) electrons. The van der Waals surface area contributed by atoms with Gasteiger partial charge in [-0.05, 0) is 50.2 Å². The molecule has 3 aliphatic rings. The first-order valence-corrected chi connectivity index (χ1v) is 15.2. The van der Waals surface area contributed by atoms with Crippen LogP contribution >= 0.6 is 0 Å². The highest BCUT2D eigenvalue weighted by atomic mass is 32.2. The average Bonchev–Trinajstić information content (AvgIpc) is 3.52. The van der Waals surface area contributed by atoms with Crippen LogP contribution in [0.15, 0.2) is 30.3 Å². The molecule has 210 valence electrons. The number of para-hydroxylation sites is 2. The van der Waals surface area contributed by atoms with E-state index in [-0.39, 0.29) is 17.6 Å². The number of morpholine rings is 1. The van der Waals surface area contributed by atoms with Crippen LogP contribution in [0.5, 0.6) is 0 Å². The number of sulfonamides is 1. The minimum atomic E-state index is -3.10. The van der Waals surface area contributed by atoms with Crippen molar-refractivity contribution < 1.29 is 21.9 Å². The van der Waals surface area contributed by atoms with Crippen LogP contribution in [-0.4, -0.2) is 83.4 Å². The third-order valence-electron chi connectivity index (χ3n) is 7.96. The summed E-state index contributed by atoms with van der Waals surface area (Å²) in [6.07, 6.45) is 1.42. The minimum absolute atomic E-state index is 0.0866. The second-order valence-corrected chi connectivity index (χ2v) is 12.5. The van der Waals surface area contributed by atoms with Crippen LogP contribution in [0.4, 0.5) is 20.5 Å². The number of benzene rings is 1. The summed E-state index contributed by atoms with van der Waals surface area (Å²) < 4.78 is 61.4. The van der Waals surface area contributed by atoms with Crippen molar-refractivity contribution >= 4 is 32.8 Å². The zero-order valence-electron chi connectivity index (χ0n) is 21.7. The Balaban J connectivity index is 1.24. The van der Waals surface area contributed by atoms with E-state index in [2.05, 4.69) is 20.2 Å². The van der Waals surface area contributed by atoms with Crippen LogP contribution in [0.2, 0.25) is 0 Å². The average molecular weight is 562 g/mol. The third-order valence-corrected chi connectivity index (χ3v) is 9.96. The van der Waals surface area contributed by atoms with Crippen LogP contribution in [-0.2, 0) is 14.8 Å². The van der Waals surface area contributed by atoms with Crippen molar-refractivity contribution in [3.05, 3.63) is 36.2 Å². The summed E-state index contributed by atoms with van der Waals surface area (Å²) in [5.74, 6) is 1.59. The van der Waals surface area contributed by atoms with Gasteiger partial charge in [-0.2, -0.15) is 14.3 Å². The van der Waals surface area contributed by atoms with E-state index in [1.807, 2.05) is 0 Å². The summed E-state index contributed by atoms with van der Waals surface area (Å²) in [6.45, 7) is 3.67. The van der Waals surface area contributed by atoms with E-state index >= 15 is 0 Å². The van der Waals surface area contributed by atoms with Gasteiger partial charge in [0.25, 0.3) is 6.43 Å². The largest absolute Gasteiger partial charge is 0.378 e. The predicted molar refractivity (Wildman–Crippen MR) is 144 cm³/mol. The normalized spacial score (nSPS) is 24.0. The Kier molecular flexibility index (Phi) is 7.38. The molecule has 2 aliphatic heterocycles. The van der Waals surface area contributed by atoms with Gasteiger partial charge in [0.05, 0.1) is 30.0 Å². The molecule has 2 aromatic heterocycles. The van der Waals surface area contributed by atoms with Crippen molar-refractivity contribution in [3.8, 4) is 5.82 Å². The molecular weight excluding hydrogens is 528 g/mol. The van der Waals surface area contributed by atoms with Crippen molar-refractivity contribution in [1.29, 1.82) is 0 Å². The van der Waals surface area contributed by atoms with Gasteiger partial charge in [-0.15, -0.1) is 0 Å². The van der Waals surface area contributed by atoms with Crippen LogP contribution < -0.4 is 10.2 Å². The molecule has 0 spiro atoms. The number of nitrogens with one attached hydrogen (secondary N) is 1. The summed E-state index contributed by atoms with van der Waals surface area (Å²) in [4.78, 5) is 15.7. The highest BCUT2D eigenvalue weighted by molar-refractivity contribution is 7.89. The molecule has 6 rings (SSSR count). The van der Waals surface area contributed by atoms with Gasteiger partial charge in [-0.3, -0.25) is 4.57 Å². The number of alkyl halides is 2. The number of hydrogen-bond donors (Lipinski definition) is 1. The van der Waals surface area contributed by atoms with E-state index in [9.17, 15) is 17.2 Å². The monoisotopic (exact) mass is 561 g/mol. The number of rotatable bonds is 7. The molecule has 3 aromatic rings. The van der Waals surface area contributed by atoms with Crippen LogP contribution in [0.1, 0.15) is 44.4 Å². The quantitative estimate of drug-likeness (QED) is 0.467. The fourth-order valence-corrected chi connectivity index (χ4v) is 7.74. The Morgan fingerprint density at radius 1 is 1.00 bits per heavy atom. The minimum Gasteiger partial charge on any atom is -0.378 e. The SMILES string of the molecule is O=S1(=O)CCCN1[C@H]1CC[C@H](CNc2nc(N3CCOCC3)cc(-n3c(C(F)F)nc4ccccc43)n2)CC1. The number of ether oxygens (including phenoxy) is 1. The van der Waals surface area contributed by atoms with Gasteiger partial charge in [-0.25, -0.2) is 22.2 Å². The predicted octanol–water partition coefficient (Wildman–Crippen LogP) is 3.60. The second kappa shape index (κ2) is 10.9. The lowest BCUT2D eigenvalue weighted by Crippen LogP contribution is -2.40. The van der Waals surface area contributed by atoms with Crippen LogP contribution in [0.25, 0.3) is 16.9 Å². The van der Waals surface area contributed by atoms with Crippen molar-refractivity contribution in [1.82, 2.24) is 23.8 Å². The van der Waals surface area contributed by atoms with Gasteiger partial charge in [0.2, 0.25) is 16.0 Å². The molecule has 0 atom stereocenters. The smallest absolute Gasteiger partial charge is 0.296 e. The Morgan fingerprint density at radius 2 is 1.74 bits per heavy atom. The molecule has 4 heterocycles. The Hall–Kier alpha value is -2.90. The first-order valence-electron chi connectivity index (χ1n) is 13.6. The van der Waals surface area contributed by atoms with Gasteiger partial charge >= 0.3 is 0 Å². The van der Waals surface area contributed by atoms with Gasteiger partial charge in [-0.1, -0.05) is 12.1 Å². The number of fused-ring (bicyclic) bond motifs is 1. The van der Waals surface area contributed by atoms with Crippen molar-refractivity contribution in [3.63, 3.8) is 0 Å². The van der Waals surface area contributed by atoms with E-state index in [0.717, 1.165) is 25.7 Å². The number of aromatic nitrogens is 4. The lowest BCUT2D eigenvalue weighted by atomic mass is 9.86. The maximum Gasteiger partial charge on any atom is 0.296 e. The number of imidazole rings is 1. The first-order chi connectivity index (χ1) is 18.9. The summed E-state index contributed by atoms with van der Waals surface area (Å²) in [5.41, 5.74) is 1.03. The Labute approximate surface area is 226 Å². The van der Waals surface area contributed by atoms with E-state index in [1.165, 1.54) is 4.57 Å². The second-order valence-electron chi connectivity index (χ2n) is 10.4. The molecule has 0 unspecified atom stereocenters. The molecule has 2 saturated heterocycles. The lowest BCUT2D eigenvalue weighted by molar-refractivity contribution is 0.122. The molecule has 1 aromatic carbocycles. The highest BCUT2D eigenvalue weighted by Gasteiger charge is 2.36. The zero-order chi connectivity index (χ0) is 27.0. The van der Waals surface area contributed by atoms with Gasteiger partial charge in [0, 0.05) is 38.3 Å². The number of halogens is 2. The zero-order valence-corrected chi connectivity index (χ0v) is 22.5. The molecule has 1 N–H and O–H groups in total. The van der Waals surface area contributed by atoms with Crippen LogP contribution in [0, 0.1) is 5.92 Å². The molecule has 10 nitrogen and oxygen atoms in total.